The van der Waals surface area contributed by atoms with E-state index in [0.717, 1.165) is 70.4 Å². The summed E-state index contributed by atoms with van der Waals surface area (Å²) in [5.74, 6) is 2.05. The standard InChI is InChI=1S/C21H36N4O2/c1-3-24(4-2)18-11-13-25(17-18)21(22-12-10-19-9-7-15-26-19)23-16-20-8-5-6-14-27-20/h7,9,15,18,20H,3-6,8,10-14,16-17H2,1-2H3,(H,22,23). The first-order valence-electron chi connectivity index (χ1n) is 10.7. The fraction of sp³-hybridized carbons (Fsp3) is 0.762. The van der Waals surface area contributed by atoms with Gasteiger partial charge in [0.15, 0.2) is 5.96 Å². The number of rotatable bonds is 8. The summed E-state index contributed by atoms with van der Waals surface area (Å²) in [6, 6.07) is 4.60. The van der Waals surface area contributed by atoms with Gasteiger partial charge in [0.1, 0.15) is 5.76 Å². The minimum absolute atomic E-state index is 0.279. The lowest BCUT2D eigenvalue weighted by molar-refractivity contribution is 0.0223. The van der Waals surface area contributed by atoms with Crippen LogP contribution in [0.4, 0.5) is 0 Å². The van der Waals surface area contributed by atoms with Crippen molar-refractivity contribution >= 4 is 5.96 Å². The third-order valence-electron chi connectivity index (χ3n) is 5.74. The number of likely N-dealkylation sites (N-methyl/N-ethyl adjacent to an activating group) is 1. The molecule has 2 saturated heterocycles. The van der Waals surface area contributed by atoms with Gasteiger partial charge in [-0.1, -0.05) is 13.8 Å². The Morgan fingerprint density at radius 3 is 2.89 bits per heavy atom. The van der Waals surface area contributed by atoms with Gasteiger partial charge < -0.3 is 19.4 Å². The van der Waals surface area contributed by atoms with Crippen LogP contribution >= 0.6 is 0 Å². The molecule has 2 unspecified atom stereocenters. The average molecular weight is 377 g/mol. The van der Waals surface area contributed by atoms with Crippen LogP contribution in [0.25, 0.3) is 0 Å². The number of hydrogen-bond acceptors (Lipinski definition) is 4. The molecule has 2 aliphatic heterocycles. The zero-order chi connectivity index (χ0) is 18.9. The number of nitrogens with zero attached hydrogens (tertiary/aromatic N) is 3. The fourth-order valence-electron chi connectivity index (χ4n) is 4.13. The number of hydrogen-bond donors (Lipinski definition) is 1. The van der Waals surface area contributed by atoms with Gasteiger partial charge in [-0.2, -0.15) is 0 Å². The van der Waals surface area contributed by atoms with Gasteiger partial charge >= 0.3 is 0 Å². The Balaban J connectivity index is 1.57. The van der Waals surface area contributed by atoms with Crippen molar-refractivity contribution < 1.29 is 9.15 Å². The Kier molecular flexibility index (Phi) is 8.02. The quantitative estimate of drug-likeness (QED) is 0.558. The number of aliphatic imine (C=N–C) groups is 1. The monoisotopic (exact) mass is 376 g/mol. The van der Waals surface area contributed by atoms with Crippen molar-refractivity contribution in [3.05, 3.63) is 24.2 Å². The average Bonchev–Trinajstić information content (AvgIpc) is 3.39. The van der Waals surface area contributed by atoms with E-state index in [-0.39, 0.29) is 6.10 Å². The molecule has 27 heavy (non-hydrogen) atoms. The maximum atomic E-state index is 5.87. The number of ether oxygens (including phenoxy) is 1. The molecule has 1 aromatic rings. The van der Waals surface area contributed by atoms with Gasteiger partial charge in [-0.25, -0.2) is 0 Å². The Labute approximate surface area is 163 Å². The molecule has 6 nitrogen and oxygen atoms in total. The highest BCUT2D eigenvalue weighted by Crippen LogP contribution is 2.17. The van der Waals surface area contributed by atoms with Crippen molar-refractivity contribution in [3.8, 4) is 0 Å². The molecule has 0 saturated carbocycles. The van der Waals surface area contributed by atoms with E-state index in [4.69, 9.17) is 14.1 Å². The predicted octanol–water partition coefficient (Wildman–Crippen LogP) is 2.75. The van der Waals surface area contributed by atoms with Gasteiger partial charge in [-0.3, -0.25) is 9.89 Å². The van der Waals surface area contributed by atoms with Crippen LogP contribution in [0.15, 0.2) is 27.8 Å². The summed E-state index contributed by atoms with van der Waals surface area (Å²) in [6.07, 6.45) is 7.67. The molecule has 152 valence electrons. The molecule has 0 aromatic carbocycles. The van der Waals surface area contributed by atoms with Crippen LogP contribution in [0, 0.1) is 0 Å². The lowest BCUT2D eigenvalue weighted by Crippen LogP contribution is -2.44. The summed E-state index contributed by atoms with van der Waals surface area (Å²) in [5.41, 5.74) is 0. The summed E-state index contributed by atoms with van der Waals surface area (Å²) < 4.78 is 11.3. The second kappa shape index (κ2) is 10.7. The second-order valence-corrected chi connectivity index (χ2v) is 7.52. The molecule has 0 aliphatic carbocycles. The maximum absolute atomic E-state index is 5.87. The van der Waals surface area contributed by atoms with E-state index in [2.05, 4.69) is 29.0 Å². The smallest absolute Gasteiger partial charge is 0.194 e. The van der Waals surface area contributed by atoms with E-state index in [1.54, 1.807) is 6.26 Å². The molecule has 2 fully saturated rings. The third-order valence-corrected chi connectivity index (χ3v) is 5.74. The molecule has 1 aromatic heterocycles. The molecular weight excluding hydrogens is 340 g/mol. The highest BCUT2D eigenvalue weighted by atomic mass is 16.5. The van der Waals surface area contributed by atoms with E-state index in [1.807, 2.05) is 12.1 Å². The van der Waals surface area contributed by atoms with Crippen LogP contribution in [0.2, 0.25) is 0 Å². The van der Waals surface area contributed by atoms with E-state index < -0.39 is 0 Å². The molecular formula is C21H36N4O2. The first kappa shape index (κ1) is 20.2. The highest BCUT2D eigenvalue weighted by molar-refractivity contribution is 5.80. The normalized spacial score (nSPS) is 24.0. The minimum Gasteiger partial charge on any atom is -0.469 e. The zero-order valence-electron chi connectivity index (χ0n) is 17.0. The Hall–Kier alpha value is -1.53. The van der Waals surface area contributed by atoms with E-state index >= 15 is 0 Å². The first-order valence-corrected chi connectivity index (χ1v) is 10.7. The van der Waals surface area contributed by atoms with Gasteiger partial charge in [-0.05, 0) is 50.9 Å². The van der Waals surface area contributed by atoms with Gasteiger partial charge in [-0.15, -0.1) is 0 Å². The van der Waals surface area contributed by atoms with Crippen LogP contribution < -0.4 is 5.32 Å². The number of guanidine groups is 1. The molecule has 0 radical (unpaired) electrons. The van der Waals surface area contributed by atoms with Crippen LogP contribution in [-0.4, -0.2) is 73.8 Å². The summed E-state index contributed by atoms with van der Waals surface area (Å²) >= 11 is 0. The van der Waals surface area contributed by atoms with Gasteiger partial charge in [0, 0.05) is 38.7 Å². The van der Waals surface area contributed by atoms with E-state index in [9.17, 15) is 0 Å². The minimum atomic E-state index is 0.279. The number of nitrogens with one attached hydrogen (secondary N) is 1. The largest absolute Gasteiger partial charge is 0.469 e. The molecule has 0 spiro atoms. The van der Waals surface area contributed by atoms with Crippen LogP contribution in [-0.2, 0) is 11.2 Å². The number of likely N-dealkylation sites (tertiary alicyclic amines) is 1. The number of furan rings is 1. The summed E-state index contributed by atoms with van der Waals surface area (Å²) in [4.78, 5) is 9.94. The van der Waals surface area contributed by atoms with Crippen molar-refractivity contribution in [2.24, 2.45) is 4.99 Å². The van der Waals surface area contributed by atoms with Crippen LogP contribution in [0.5, 0.6) is 0 Å². The van der Waals surface area contributed by atoms with Crippen molar-refractivity contribution in [2.45, 2.75) is 58.1 Å². The molecule has 1 N–H and O–H groups in total. The zero-order valence-corrected chi connectivity index (χ0v) is 17.0. The third kappa shape index (κ3) is 5.98. The lowest BCUT2D eigenvalue weighted by Gasteiger charge is -2.28. The van der Waals surface area contributed by atoms with Gasteiger partial charge in [0.25, 0.3) is 0 Å². The van der Waals surface area contributed by atoms with Crippen LogP contribution in [0.3, 0.4) is 0 Å². The lowest BCUT2D eigenvalue weighted by atomic mass is 10.1. The van der Waals surface area contributed by atoms with Gasteiger partial charge in [0.05, 0.1) is 18.9 Å². The Morgan fingerprint density at radius 2 is 2.19 bits per heavy atom. The first-order chi connectivity index (χ1) is 13.3. The Bertz CT molecular complexity index is 551. The SMILES string of the molecule is CCN(CC)C1CCN(C(=NCC2CCCCO2)NCCc2ccco2)C1. The summed E-state index contributed by atoms with van der Waals surface area (Å²) in [5, 5.41) is 3.58. The topological polar surface area (TPSA) is 53.2 Å². The van der Waals surface area contributed by atoms with Crippen molar-refractivity contribution in [3.63, 3.8) is 0 Å². The molecule has 2 atom stereocenters. The molecule has 3 rings (SSSR count). The predicted molar refractivity (Wildman–Crippen MR) is 109 cm³/mol. The molecule has 3 heterocycles. The van der Waals surface area contributed by atoms with Crippen LogP contribution in [0.1, 0.15) is 45.3 Å². The van der Waals surface area contributed by atoms with Gasteiger partial charge in [0.2, 0.25) is 0 Å². The maximum Gasteiger partial charge on any atom is 0.194 e. The highest BCUT2D eigenvalue weighted by Gasteiger charge is 2.28. The van der Waals surface area contributed by atoms with Crippen molar-refractivity contribution in [2.75, 3.05) is 45.9 Å². The second-order valence-electron chi connectivity index (χ2n) is 7.52. The summed E-state index contributed by atoms with van der Waals surface area (Å²) in [6.45, 7) is 11.3. The van der Waals surface area contributed by atoms with E-state index in [1.165, 1.54) is 19.3 Å². The molecule has 0 amide bonds. The van der Waals surface area contributed by atoms with Crippen molar-refractivity contribution in [1.82, 2.24) is 15.1 Å². The Morgan fingerprint density at radius 1 is 1.30 bits per heavy atom. The molecule has 2 aliphatic rings. The summed E-state index contributed by atoms with van der Waals surface area (Å²) in [7, 11) is 0. The fourth-order valence-corrected chi connectivity index (χ4v) is 4.13. The van der Waals surface area contributed by atoms with E-state index in [0.29, 0.717) is 6.04 Å². The molecule has 0 bridgehead atoms. The molecule has 6 heteroatoms. The van der Waals surface area contributed by atoms with Crippen molar-refractivity contribution in [1.29, 1.82) is 0 Å².